The smallest absolute Gasteiger partial charge is 0.0840 e. The third-order valence-corrected chi connectivity index (χ3v) is 2.83. The first-order chi connectivity index (χ1) is 8.92. The predicted octanol–water partition coefficient (Wildman–Crippen LogP) is 3.40. The van der Waals surface area contributed by atoms with Crippen LogP contribution in [0.15, 0.2) is 67.1 Å². The molecule has 0 saturated heterocycles. The number of rotatable bonds is 3. The molecule has 1 heterocycles. The second-order valence-electron chi connectivity index (χ2n) is 4.19. The molecule has 0 unspecified atom stereocenters. The number of benzene rings is 2. The first-order valence-electron chi connectivity index (χ1n) is 5.94. The van der Waals surface area contributed by atoms with Gasteiger partial charge in [-0.3, -0.25) is 4.98 Å². The summed E-state index contributed by atoms with van der Waals surface area (Å²) in [5, 5.41) is 0. The van der Waals surface area contributed by atoms with Crippen LogP contribution in [-0.4, -0.2) is 9.55 Å². The van der Waals surface area contributed by atoms with Gasteiger partial charge in [0.15, 0.2) is 0 Å². The van der Waals surface area contributed by atoms with Crippen LogP contribution in [-0.2, 0) is 26.7 Å². The normalized spacial score (nSPS) is 9.89. The zero-order valence-electron chi connectivity index (χ0n) is 10.3. The van der Waals surface area contributed by atoms with Crippen LogP contribution in [0.3, 0.4) is 0 Å². The topological polar surface area (TPSA) is 17.8 Å². The van der Waals surface area contributed by atoms with E-state index in [9.17, 15) is 0 Å². The van der Waals surface area contributed by atoms with Crippen molar-refractivity contribution in [3.63, 3.8) is 0 Å². The van der Waals surface area contributed by atoms with Gasteiger partial charge in [0, 0.05) is 32.3 Å². The molecule has 2 nitrogen and oxygen atoms in total. The summed E-state index contributed by atoms with van der Waals surface area (Å²) in [6, 6.07) is 21.5. The van der Waals surface area contributed by atoms with Crippen LogP contribution in [0.2, 0.25) is 0 Å². The van der Waals surface area contributed by atoms with Crippen LogP contribution < -0.4 is 0 Å². The van der Waals surface area contributed by atoms with Gasteiger partial charge in [0.05, 0.1) is 6.33 Å². The number of nitrogens with zero attached hydrogens (tertiary/aromatic N) is 2. The van der Waals surface area contributed by atoms with E-state index in [1.54, 1.807) is 0 Å². The second-order valence-corrected chi connectivity index (χ2v) is 4.19. The molecule has 1 radical (unpaired) electrons. The van der Waals surface area contributed by atoms with Crippen molar-refractivity contribution < 1.29 is 20.1 Å². The number of imidazole rings is 1. The molecule has 0 N–H and O–H groups in total. The molecule has 0 saturated carbocycles. The van der Waals surface area contributed by atoms with Crippen LogP contribution >= 0.6 is 0 Å². The molecule has 0 atom stereocenters. The van der Waals surface area contributed by atoms with Crippen LogP contribution in [0.25, 0.3) is 11.3 Å². The van der Waals surface area contributed by atoms with Crippen LogP contribution in [0.4, 0.5) is 0 Å². The molecule has 0 amide bonds. The van der Waals surface area contributed by atoms with Crippen LogP contribution in [0, 0.1) is 6.07 Å². The summed E-state index contributed by atoms with van der Waals surface area (Å²) in [6.07, 6.45) is 3.92. The Bertz CT molecular complexity index is 618. The fourth-order valence-corrected chi connectivity index (χ4v) is 1.93. The summed E-state index contributed by atoms with van der Waals surface area (Å²) in [6.45, 7) is 0.848. The molecule has 19 heavy (non-hydrogen) atoms. The molecule has 1 aromatic heterocycles. The fraction of sp³-hybridized carbons (Fsp3) is 0.0625. The third-order valence-electron chi connectivity index (χ3n) is 2.83. The van der Waals surface area contributed by atoms with E-state index in [0.717, 1.165) is 17.8 Å². The van der Waals surface area contributed by atoms with E-state index in [4.69, 9.17) is 0 Å². The largest absolute Gasteiger partial charge is 0.342 e. The number of hydrogen-bond donors (Lipinski definition) is 0. The minimum absolute atomic E-state index is 0. The van der Waals surface area contributed by atoms with Gasteiger partial charge in [-0.1, -0.05) is 30.3 Å². The van der Waals surface area contributed by atoms with Gasteiger partial charge in [0.25, 0.3) is 0 Å². The molecule has 3 rings (SSSR count). The van der Waals surface area contributed by atoms with Crippen molar-refractivity contribution in [3.05, 3.63) is 78.8 Å². The molecule has 0 spiro atoms. The van der Waals surface area contributed by atoms with Crippen molar-refractivity contribution in [3.8, 4) is 11.3 Å². The molecular formula is C16H13IrN2-. The molecule has 3 heteroatoms. The number of aromatic nitrogens is 2. The van der Waals surface area contributed by atoms with Crippen molar-refractivity contribution in [2.24, 2.45) is 0 Å². The summed E-state index contributed by atoms with van der Waals surface area (Å²) < 4.78 is 2.09. The molecular weight excluding hydrogens is 412 g/mol. The third kappa shape index (κ3) is 3.40. The maximum absolute atomic E-state index is 4.41. The van der Waals surface area contributed by atoms with Crippen molar-refractivity contribution in [2.45, 2.75) is 6.54 Å². The van der Waals surface area contributed by atoms with Gasteiger partial charge in [-0.25, -0.2) is 0 Å². The van der Waals surface area contributed by atoms with Crippen molar-refractivity contribution in [2.75, 3.05) is 0 Å². The minimum Gasteiger partial charge on any atom is -0.342 e. The standard InChI is InChI=1S/C16H13N2.Ir/c1-3-7-14(8-4-1)11-18-12-16(17-13-18)15-9-5-2-6-10-15;/h1-9,12-13H,11H2;/q-1;. The Balaban J connectivity index is 0.00000133. The Morgan fingerprint density at radius 1 is 1.00 bits per heavy atom. The fourth-order valence-electron chi connectivity index (χ4n) is 1.93. The maximum atomic E-state index is 4.41. The van der Waals surface area contributed by atoms with Crippen molar-refractivity contribution in [1.82, 2.24) is 9.55 Å². The second kappa shape index (κ2) is 6.46. The van der Waals surface area contributed by atoms with E-state index >= 15 is 0 Å². The van der Waals surface area contributed by atoms with E-state index in [-0.39, 0.29) is 20.1 Å². The molecule has 0 fully saturated rings. The predicted molar refractivity (Wildman–Crippen MR) is 72.0 cm³/mol. The van der Waals surface area contributed by atoms with E-state index in [2.05, 4.69) is 46.1 Å². The summed E-state index contributed by atoms with van der Waals surface area (Å²) in [5.41, 5.74) is 3.27. The summed E-state index contributed by atoms with van der Waals surface area (Å²) in [4.78, 5) is 4.41. The Morgan fingerprint density at radius 3 is 2.53 bits per heavy atom. The minimum atomic E-state index is 0. The Labute approximate surface area is 126 Å². The van der Waals surface area contributed by atoms with E-state index < -0.39 is 0 Å². The molecule has 0 aliphatic carbocycles. The van der Waals surface area contributed by atoms with Gasteiger partial charge >= 0.3 is 0 Å². The Kier molecular flexibility index (Phi) is 4.67. The SMILES string of the molecule is [Ir].[c-]1ccccc1-c1cn(Cc2ccccc2)cn1. The zero-order chi connectivity index (χ0) is 12.2. The van der Waals surface area contributed by atoms with Gasteiger partial charge in [0.2, 0.25) is 0 Å². The van der Waals surface area contributed by atoms with Gasteiger partial charge < -0.3 is 4.57 Å². The molecule has 0 aliphatic heterocycles. The Morgan fingerprint density at radius 2 is 1.79 bits per heavy atom. The van der Waals surface area contributed by atoms with Gasteiger partial charge in [-0.05, 0) is 11.8 Å². The first-order valence-corrected chi connectivity index (χ1v) is 5.94. The first kappa shape index (κ1) is 13.7. The molecule has 3 aromatic rings. The molecule has 0 aliphatic rings. The molecule has 0 bridgehead atoms. The summed E-state index contributed by atoms with van der Waals surface area (Å²) >= 11 is 0. The monoisotopic (exact) mass is 426 g/mol. The average Bonchev–Trinajstić information content (AvgIpc) is 2.89. The molecule has 97 valence electrons. The Hall–Kier alpha value is -1.70. The van der Waals surface area contributed by atoms with Gasteiger partial charge in [0.1, 0.15) is 0 Å². The summed E-state index contributed by atoms with van der Waals surface area (Å²) in [5.74, 6) is 0. The van der Waals surface area contributed by atoms with E-state index in [0.29, 0.717) is 0 Å². The van der Waals surface area contributed by atoms with Crippen LogP contribution in [0.5, 0.6) is 0 Å². The van der Waals surface area contributed by atoms with E-state index in [1.165, 1.54) is 5.56 Å². The van der Waals surface area contributed by atoms with Gasteiger partial charge in [-0.2, -0.15) is 0 Å². The van der Waals surface area contributed by atoms with Crippen LogP contribution in [0.1, 0.15) is 5.56 Å². The van der Waals surface area contributed by atoms with Gasteiger partial charge in [-0.15, -0.1) is 35.9 Å². The number of hydrogen-bond acceptors (Lipinski definition) is 1. The summed E-state index contributed by atoms with van der Waals surface area (Å²) in [7, 11) is 0. The molecule has 2 aromatic carbocycles. The van der Waals surface area contributed by atoms with Crippen molar-refractivity contribution >= 4 is 0 Å². The zero-order valence-corrected chi connectivity index (χ0v) is 12.7. The van der Waals surface area contributed by atoms with E-state index in [1.807, 2.05) is 36.7 Å². The quantitative estimate of drug-likeness (QED) is 0.589. The van der Waals surface area contributed by atoms with Crippen molar-refractivity contribution in [1.29, 1.82) is 0 Å². The average molecular weight is 426 g/mol. The maximum Gasteiger partial charge on any atom is 0.0840 e.